The first kappa shape index (κ1) is 24.7. The average Bonchev–Trinajstić information content (AvgIpc) is 2.84. The van der Waals surface area contributed by atoms with Crippen LogP contribution in [0, 0.1) is 0 Å². The lowest BCUT2D eigenvalue weighted by Gasteiger charge is -2.41. The molecule has 194 valence electrons. The fraction of sp³-hybridized carbons (Fsp3) is 0.300. The molecule has 2 fully saturated rings. The molecule has 0 N–H and O–H groups in total. The van der Waals surface area contributed by atoms with Crippen LogP contribution < -0.4 is 15.2 Å². The van der Waals surface area contributed by atoms with Gasteiger partial charge in [0.15, 0.2) is 24.6 Å². The van der Waals surface area contributed by atoms with E-state index in [2.05, 4.69) is 25.2 Å². The van der Waals surface area contributed by atoms with Gasteiger partial charge in [-0.1, -0.05) is 31.3 Å². The molecule has 2 aromatic carbocycles. The van der Waals surface area contributed by atoms with Gasteiger partial charge >= 0.3 is 0 Å². The maximum atomic E-state index is 13.7. The van der Waals surface area contributed by atoms with Gasteiger partial charge in [0.25, 0.3) is 0 Å². The molecule has 6 rings (SSSR count). The van der Waals surface area contributed by atoms with E-state index >= 15 is 0 Å². The van der Waals surface area contributed by atoms with E-state index in [1.807, 2.05) is 33.8 Å². The van der Waals surface area contributed by atoms with Gasteiger partial charge in [0.2, 0.25) is 6.17 Å². The van der Waals surface area contributed by atoms with Gasteiger partial charge < -0.3 is 14.8 Å². The minimum atomic E-state index is -2.34. The lowest BCUT2D eigenvalue weighted by molar-refractivity contribution is -0.599. The van der Waals surface area contributed by atoms with Crippen LogP contribution in [0.25, 0.3) is 5.57 Å². The van der Waals surface area contributed by atoms with Gasteiger partial charge in [-0.25, -0.2) is 13.4 Å². The number of carbonyl (C=O) groups is 2. The van der Waals surface area contributed by atoms with E-state index in [4.69, 9.17) is 0 Å². The summed E-state index contributed by atoms with van der Waals surface area (Å²) in [7, 11) is -2.34. The molecular weight excluding hydrogens is 502 g/mol. The van der Waals surface area contributed by atoms with Crippen molar-refractivity contribution >= 4 is 42.0 Å². The van der Waals surface area contributed by atoms with E-state index in [-0.39, 0.29) is 11.3 Å². The molecular formula is C30H28F2N2O3Si. The second kappa shape index (κ2) is 8.70. The quantitative estimate of drug-likeness (QED) is 0.347. The van der Waals surface area contributed by atoms with Crippen molar-refractivity contribution in [2.24, 2.45) is 0 Å². The smallest absolute Gasteiger partial charge is 0.216 e. The molecule has 2 saturated heterocycles. The monoisotopic (exact) mass is 530 g/mol. The molecule has 4 aliphatic rings. The molecule has 0 spiro atoms. The standard InChI is InChI=1S/C30H28F2N2O3Si/c1-17(35)18-4-7-23(30(36)37)26(10-18)29-24-8-5-21(33-13-19(31)14-33)11-27(24)38(2,3)28-12-22(6-9-25(28)29)34-15-20(32)16-34/h4-12,19-20H,13-16H2,1-3H3. The van der Waals surface area contributed by atoms with E-state index in [9.17, 15) is 23.5 Å². The summed E-state index contributed by atoms with van der Waals surface area (Å²) in [5, 5.41) is 14.5. The molecule has 3 aliphatic heterocycles. The van der Waals surface area contributed by atoms with Crippen LogP contribution in [0.1, 0.15) is 38.8 Å². The molecule has 0 amide bonds. The zero-order valence-electron chi connectivity index (χ0n) is 21.6. The Morgan fingerprint density at radius 2 is 1.74 bits per heavy atom. The fourth-order valence-electron chi connectivity index (χ4n) is 5.93. The Balaban J connectivity index is 1.63. The van der Waals surface area contributed by atoms with Gasteiger partial charge in [0.1, 0.15) is 14.2 Å². The number of halogens is 2. The number of hydrogen-bond acceptors (Lipinski definition) is 4. The number of rotatable bonds is 4. The number of carboxylic acids is 1. The minimum absolute atomic E-state index is 0.0162. The summed E-state index contributed by atoms with van der Waals surface area (Å²) in [6.45, 7) is 7.38. The van der Waals surface area contributed by atoms with Gasteiger partial charge in [-0.05, 0) is 63.9 Å². The fourth-order valence-corrected chi connectivity index (χ4v) is 9.00. The molecule has 0 bridgehead atoms. The highest BCUT2D eigenvalue weighted by Crippen LogP contribution is 2.43. The van der Waals surface area contributed by atoms with Crippen LogP contribution in [0.5, 0.6) is 0 Å². The Labute approximate surface area is 221 Å². The number of aromatic carboxylic acids is 1. The largest absolute Gasteiger partial charge is 0.545 e. The van der Waals surface area contributed by atoms with Crippen LogP contribution in [0.15, 0.2) is 65.4 Å². The maximum Gasteiger partial charge on any atom is 0.216 e. The third-order valence-electron chi connectivity index (χ3n) is 8.21. The molecule has 0 unspecified atom stereocenters. The summed E-state index contributed by atoms with van der Waals surface area (Å²) in [4.78, 5) is 26.5. The number of Topliss-reactive ketones (excluding diaryl/α,β-unsaturated/α-hetero) is 1. The molecule has 2 aromatic rings. The molecule has 1 aliphatic carbocycles. The number of carbonyl (C=O) groups excluding carboxylic acids is 2. The van der Waals surface area contributed by atoms with E-state index in [0.717, 1.165) is 38.5 Å². The number of nitrogens with zero attached hydrogens (tertiary/aromatic N) is 2. The summed E-state index contributed by atoms with van der Waals surface area (Å²) in [5.74, 6) is -1.48. The number of fused-ring (bicyclic) bond motifs is 2. The van der Waals surface area contributed by atoms with Gasteiger partial charge in [0.05, 0.1) is 19.1 Å². The topological polar surface area (TPSA) is 63.5 Å². The molecule has 0 aromatic heterocycles. The highest BCUT2D eigenvalue weighted by Gasteiger charge is 2.42. The van der Waals surface area contributed by atoms with Crippen molar-refractivity contribution in [1.29, 1.82) is 0 Å². The van der Waals surface area contributed by atoms with E-state index in [0.29, 0.717) is 37.3 Å². The summed E-state index contributed by atoms with van der Waals surface area (Å²) in [6.07, 6.45) is 4.41. The molecule has 38 heavy (non-hydrogen) atoms. The third kappa shape index (κ3) is 3.81. The first-order valence-electron chi connectivity index (χ1n) is 12.9. The first-order valence-corrected chi connectivity index (χ1v) is 15.9. The second-order valence-electron chi connectivity index (χ2n) is 11.1. The Bertz CT molecular complexity index is 1540. The predicted octanol–water partition coefficient (Wildman–Crippen LogP) is 2.98. The van der Waals surface area contributed by atoms with Crippen molar-refractivity contribution in [1.82, 2.24) is 0 Å². The molecule has 8 heteroatoms. The van der Waals surface area contributed by atoms with Crippen molar-refractivity contribution in [3.05, 3.63) is 87.6 Å². The van der Waals surface area contributed by atoms with Crippen LogP contribution >= 0.6 is 0 Å². The highest BCUT2D eigenvalue weighted by atomic mass is 28.3. The number of hydrogen-bond donors (Lipinski definition) is 0. The lowest BCUT2D eigenvalue weighted by atomic mass is 9.86. The molecule has 0 radical (unpaired) electrons. The summed E-state index contributed by atoms with van der Waals surface area (Å²) in [5.41, 5.74) is 5.32. The van der Waals surface area contributed by atoms with Crippen molar-refractivity contribution < 1.29 is 28.1 Å². The highest BCUT2D eigenvalue weighted by molar-refractivity contribution is 6.98. The number of ketones is 1. The van der Waals surface area contributed by atoms with E-state index < -0.39 is 26.4 Å². The van der Waals surface area contributed by atoms with Crippen LogP contribution in [-0.4, -0.2) is 68.6 Å². The van der Waals surface area contributed by atoms with Gasteiger partial charge in [-0.2, -0.15) is 0 Å². The van der Waals surface area contributed by atoms with Crippen LogP contribution in [-0.2, 0) is 0 Å². The van der Waals surface area contributed by atoms with Crippen LogP contribution in [0.2, 0.25) is 13.1 Å². The van der Waals surface area contributed by atoms with Gasteiger partial charge in [-0.3, -0.25) is 4.79 Å². The SMILES string of the molecule is CC(=O)c1ccc(C(=O)[O-])c(C2=C3C=CC(=[N+]4CC(F)C4)C=C3[Si](C)(C)c3cc(N4CC(F)C4)ccc32)c1. The number of anilines is 1. The number of alkyl halides is 2. The lowest BCUT2D eigenvalue weighted by Crippen LogP contribution is -2.52. The Morgan fingerprint density at radius 3 is 2.37 bits per heavy atom. The zero-order chi connectivity index (χ0) is 26.9. The van der Waals surface area contributed by atoms with Gasteiger partial charge in [-0.15, -0.1) is 0 Å². The predicted molar refractivity (Wildman–Crippen MR) is 145 cm³/mol. The first-order chi connectivity index (χ1) is 18.0. The normalized spacial score (nSPS) is 21.9. The zero-order valence-corrected chi connectivity index (χ0v) is 22.6. The van der Waals surface area contributed by atoms with Crippen LogP contribution in [0.3, 0.4) is 0 Å². The van der Waals surface area contributed by atoms with Gasteiger partial charge in [0, 0.05) is 29.0 Å². The van der Waals surface area contributed by atoms with E-state index in [1.54, 1.807) is 6.07 Å². The Kier molecular flexibility index (Phi) is 5.64. The molecule has 3 heterocycles. The van der Waals surface area contributed by atoms with Crippen LogP contribution in [0.4, 0.5) is 14.5 Å². The van der Waals surface area contributed by atoms with Crippen molar-refractivity contribution in [3.8, 4) is 0 Å². The minimum Gasteiger partial charge on any atom is -0.545 e. The number of carboxylic acid groups (broad SMARTS) is 1. The molecule has 0 atom stereocenters. The number of benzene rings is 2. The summed E-state index contributed by atoms with van der Waals surface area (Å²) in [6, 6.07) is 10.7. The summed E-state index contributed by atoms with van der Waals surface area (Å²) < 4.78 is 29.4. The molecule has 0 saturated carbocycles. The summed E-state index contributed by atoms with van der Waals surface area (Å²) >= 11 is 0. The van der Waals surface area contributed by atoms with Crippen molar-refractivity contribution in [2.45, 2.75) is 32.4 Å². The Morgan fingerprint density at radius 1 is 1.00 bits per heavy atom. The second-order valence-corrected chi connectivity index (χ2v) is 15.4. The van der Waals surface area contributed by atoms with Crippen molar-refractivity contribution in [2.75, 3.05) is 31.1 Å². The average molecular weight is 531 g/mol. The third-order valence-corrected chi connectivity index (χ3v) is 11.7. The molecule has 5 nitrogen and oxygen atoms in total. The number of allylic oxidation sites excluding steroid dienone is 5. The maximum absolute atomic E-state index is 13.7. The Hall–Kier alpha value is -3.65. The van der Waals surface area contributed by atoms with E-state index in [1.165, 1.54) is 19.1 Å². The van der Waals surface area contributed by atoms with Crippen molar-refractivity contribution in [3.63, 3.8) is 0 Å².